The summed E-state index contributed by atoms with van der Waals surface area (Å²) in [5.74, 6) is -0.622. The second-order valence-corrected chi connectivity index (χ2v) is 4.39. The quantitative estimate of drug-likeness (QED) is 0.926. The average molecular weight is 290 g/mol. The van der Waals surface area contributed by atoms with Gasteiger partial charge in [0.2, 0.25) is 5.91 Å². The summed E-state index contributed by atoms with van der Waals surface area (Å²) in [6.45, 7) is 3.69. The second kappa shape index (κ2) is 5.96. The van der Waals surface area contributed by atoms with Crippen LogP contribution in [0.5, 0.6) is 0 Å². The number of hydrogen-bond donors (Lipinski definition) is 1. The van der Waals surface area contributed by atoms with Crippen LogP contribution in [0.25, 0.3) is 0 Å². The number of ether oxygens (including phenoxy) is 1. The molecule has 0 saturated heterocycles. The molecule has 1 aromatic rings. The molecule has 0 unspecified atom stereocenters. The standard InChI is InChI=1S/C11H13BrFNO2/c1-7(2)16-6-11(15)14-8-3-4-10(13)9(12)5-8/h3-5,7H,6H2,1-2H3,(H,14,15). The van der Waals surface area contributed by atoms with Crippen molar-refractivity contribution in [3.05, 3.63) is 28.5 Å². The number of anilines is 1. The minimum atomic E-state index is -0.364. The topological polar surface area (TPSA) is 38.3 Å². The number of nitrogens with one attached hydrogen (secondary N) is 1. The molecule has 3 nitrogen and oxygen atoms in total. The van der Waals surface area contributed by atoms with Crippen molar-refractivity contribution in [3.63, 3.8) is 0 Å². The lowest BCUT2D eigenvalue weighted by Gasteiger charge is -2.08. The third-order valence-electron chi connectivity index (χ3n) is 1.75. The Morgan fingerprint density at radius 3 is 2.81 bits per heavy atom. The normalized spacial score (nSPS) is 10.6. The lowest BCUT2D eigenvalue weighted by atomic mass is 10.3. The molecule has 0 aliphatic rings. The highest BCUT2D eigenvalue weighted by Gasteiger charge is 2.05. The molecule has 5 heteroatoms. The first-order valence-corrected chi connectivity index (χ1v) is 5.65. The summed E-state index contributed by atoms with van der Waals surface area (Å²) < 4.78 is 18.4. The lowest BCUT2D eigenvalue weighted by Crippen LogP contribution is -2.20. The summed E-state index contributed by atoms with van der Waals surface area (Å²) in [7, 11) is 0. The Morgan fingerprint density at radius 2 is 2.25 bits per heavy atom. The zero-order valence-corrected chi connectivity index (χ0v) is 10.7. The maximum absolute atomic E-state index is 12.9. The molecule has 0 saturated carbocycles. The van der Waals surface area contributed by atoms with Gasteiger partial charge in [-0.2, -0.15) is 0 Å². The fourth-order valence-corrected chi connectivity index (χ4v) is 1.39. The van der Waals surface area contributed by atoms with E-state index in [1.807, 2.05) is 13.8 Å². The average Bonchev–Trinajstić information content (AvgIpc) is 2.21. The highest BCUT2D eigenvalue weighted by molar-refractivity contribution is 9.10. The van der Waals surface area contributed by atoms with E-state index in [4.69, 9.17) is 4.74 Å². The summed E-state index contributed by atoms with van der Waals surface area (Å²) >= 11 is 3.04. The van der Waals surface area contributed by atoms with Crippen LogP contribution in [0.3, 0.4) is 0 Å². The van der Waals surface area contributed by atoms with E-state index < -0.39 is 0 Å². The van der Waals surface area contributed by atoms with Crippen molar-refractivity contribution in [1.29, 1.82) is 0 Å². The molecule has 0 aliphatic carbocycles. The van der Waals surface area contributed by atoms with Gasteiger partial charge in [0.1, 0.15) is 12.4 Å². The van der Waals surface area contributed by atoms with Crippen LogP contribution in [-0.4, -0.2) is 18.6 Å². The molecule has 0 spiro atoms. The third-order valence-corrected chi connectivity index (χ3v) is 2.36. The van der Waals surface area contributed by atoms with E-state index in [1.54, 1.807) is 0 Å². The van der Waals surface area contributed by atoms with E-state index in [-0.39, 0.29) is 24.4 Å². The van der Waals surface area contributed by atoms with Crippen LogP contribution < -0.4 is 5.32 Å². The van der Waals surface area contributed by atoms with Crippen LogP contribution in [0.15, 0.2) is 22.7 Å². The van der Waals surface area contributed by atoms with Gasteiger partial charge in [0.15, 0.2) is 0 Å². The SMILES string of the molecule is CC(C)OCC(=O)Nc1ccc(F)c(Br)c1. The van der Waals surface area contributed by atoms with Crippen molar-refractivity contribution >= 4 is 27.5 Å². The van der Waals surface area contributed by atoms with Gasteiger partial charge in [-0.25, -0.2) is 4.39 Å². The molecule has 0 bridgehead atoms. The van der Waals surface area contributed by atoms with Gasteiger partial charge < -0.3 is 10.1 Å². The Bertz CT molecular complexity index is 382. The lowest BCUT2D eigenvalue weighted by molar-refractivity contribution is -0.121. The monoisotopic (exact) mass is 289 g/mol. The zero-order valence-electron chi connectivity index (χ0n) is 9.09. The fourth-order valence-electron chi connectivity index (χ4n) is 1.01. The Balaban J connectivity index is 2.53. The van der Waals surface area contributed by atoms with Gasteiger partial charge in [0.25, 0.3) is 0 Å². The van der Waals surface area contributed by atoms with Crippen LogP contribution >= 0.6 is 15.9 Å². The molecule has 1 rings (SSSR count). The van der Waals surface area contributed by atoms with Crippen LogP contribution in [-0.2, 0) is 9.53 Å². The molecule has 0 heterocycles. The first-order valence-electron chi connectivity index (χ1n) is 4.85. The van der Waals surface area contributed by atoms with Crippen molar-refractivity contribution in [3.8, 4) is 0 Å². The third kappa shape index (κ3) is 4.28. The zero-order chi connectivity index (χ0) is 12.1. The number of rotatable bonds is 4. The Morgan fingerprint density at radius 1 is 1.56 bits per heavy atom. The van der Waals surface area contributed by atoms with Gasteiger partial charge in [-0.05, 0) is 48.0 Å². The molecule has 0 aromatic heterocycles. The summed E-state index contributed by atoms with van der Waals surface area (Å²) in [5.41, 5.74) is 0.533. The molecule has 1 aromatic carbocycles. The molecule has 88 valence electrons. The summed E-state index contributed by atoms with van der Waals surface area (Å²) in [6, 6.07) is 4.28. The van der Waals surface area contributed by atoms with E-state index in [1.165, 1.54) is 18.2 Å². The number of carbonyl (C=O) groups is 1. The maximum atomic E-state index is 12.9. The molecule has 1 N–H and O–H groups in total. The Kier molecular flexibility index (Phi) is 4.89. The predicted molar refractivity (Wildman–Crippen MR) is 63.8 cm³/mol. The number of amides is 1. The van der Waals surface area contributed by atoms with Gasteiger partial charge in [-0.3, -0.25) is 4.79 Å². The molecular formula is C11H13BrFNO2. The number of halogens is 2. The molecule has 0 aliphatic heterocycles. The number of hydrogen-bond acceptors (Lipinski definition) is 2. The van der Waals surface area contributed by atoms with Crippen LogP contribution in [0.2, 0.25) is 0 Å². The summed E-state index contributed by atoms with van der Waals surface area (Å²) in [6.07, 6.45) is 0.00528. The van der Waals surface area contributed by atoms with Crippen molar-refractivity contribution in [2.75, 3.05) is 11.9 Å². The van der Waals surface area contributed by atoms with Crippen molar-refractivity contribution in [2.45, 2.75) is 20.0 Å². The van der Waals surface area contributed by atoms with E-state index in [0.29, 0.717) is 10.2 Å². The largest absolute Gasteiger partial charge is 0.369 e. The fraction of sp³-hybridized carbons (Fsp3) is 0.364. The minimum absolute atomic E-state index is 0.00528. The Hall–Kier alpha value is -0.940. The van der Waals surface area contributed by atoms with E-state index in [2.05, 4.69) is 21.2 Å². The number of carbonyl (C=O) groups excluding carboxylic acids is 1. The van der Waals surface area contributed by atoms with Crippen molar-refractivity contribution < 1.29 is 13.9 Å². The molecule has 1 amide bonds. The maximum Gasteiger partial charge on any atom is 0.250 e. The van der Waals surface area contributed by atoms with Gasteiger partial charge in [0.05, 0.1) is 10.6 Å². The second-order valence-electron chi connectivity index (χ2n) is 3.54. The molecule has 0 radical (unpaired) electrons. The van der Waals surface area contributed by atoms with Crippen LogP contribution in [0.4, 0.5) is 10.1 Å². The first-order chi connectivity index (χ1) is 7.49. The molecular weight excluding hydrogens is 277 g/mol. The van der Waals surface area contributed by atoms with Gasteiger partial charge in [-0.1, -0.05) is 0 Å². The van der Waals surface area contributed by atoms with E-state index >= 15 is 0 Å². The Labute approximate surface area is 102 Å². The highest BCUT2D eigenvalue weighted by Crippen LogP contribution is 2.19. The van der Waals surface area contributed by atoms with Crippen LogP contribution in [0.1, 0.15) is 13.8 Å². The van der Waals surface area contributed by atoms with Crippen LogP contribution in [0, 0.1) is 5.82 Å². The molecule has 16 heavy (non-hydrogen) atoms. The smallest absolute Gasteiger partial charge is 0.250 e. The van der Waals surface area contributed by atoms with Gasteiger partial charge in [0, 0.05) is 5.69 Å². The van der Waals surface area contributed by atoms with Gasteiger partial charge in [-0.15, -0.1) is 0 Å². The minimum Gasteiger partial charge on any atom is -0.369 e. The van der Waals surface area contributed by atoms with Crippen molar-refractivity contribution in [1.82, 2.24) is 0 Å². The van der Waals surface area contributed by atoms with Crippen molar-refractivity contribution in [2.24, 2.45) is 0 Å². The number of benzene rings is 1. The predicted octanol–water partition coefficient (Wildman–Crippen LogP) is 2.95. The summed E-state index contributed by atoms with van der Waals surface area (Å²) in [5, 5.41) is 2.60. The first kappa shape index (κ1) is 13.1. The van der Waals surface area contributed by atoms with E-state index in [9.17, 15) is 9.18 Å². The molecule has 0 fully saturated rings. The molecule has 0 atom stereocenters. The summed E-state index contributed by atoms with van der Waals surface area (Å²) in [4.78, 5) is 11.4. The van der Waals surface area contributed by atoms with Gasteiger partial charge >= 0.3 is 0 Å². The van der Waals surface area contributed by atoms with E-state index in [0.717, 1.165) is 0 Å². The highest BCUT2D eigenvalue weighted by atomic mass is 79.9.